The maximum Gasteiger partial charge on any atom is 0.136 e. The van der Waals surface area contributed by atoms with Gasteiger partial charge < -0.3 is 4.42 Å². The smallest absolute Gasteiger partial charge is 0.136 e. The third kappa shape index (κ3) is 3.87. The number of hydrogen-bond donors (Lipinski definition) is 0. The zero-order chi connectivity index (χ0) is 42.1. The number of benzene rings is 8. The first-order chi connectivity index (χ1) is 28.1. The van der Waals surface area contributed by atoms with Crippen molar-refractivity contribution in [3.05, 3.63) is 168 Å². The fraction of sp³-hybridized carbons (Fsp3) is 0.0233. The molecule has 0 amide bonds. The van der Waals surface area contributed by atoms with Gasteiger partial charge in [0, 0.05) is 10.8 Å². The lowest BCUT2D eigenvalue weighted by molar-refractivity contribution is 0.669. The monoisotopic (exact) mass is 575 g/mol. The molecule has 0 bridgehead atoms. The summed E-state index contributed by atoms with van der Waals surface area (Å²) in [6, 6.07) is 11.6. The van der Waals surface area contributed by atoms with Crippen LogP contribution in [0.15, 0.2) is 162 Å². The van der Waals surface area contributed by atoms with Crippen LogP contribution in [0.1, 0.15) is 31.7 Å². The number of para-hydroxylation sites is 1. The SMILES string of the molecule is [2H]c1c([2H])c([2H])c2c(Cc3c4c([2H])c([2H])c([2H])c([2H])c4c(-c4ccc(-c5cccc6oc7ccccc7c56)cc4)c4c([2H])c([2H])c([2H])c([2H])c34)c([2H])c([2H])c([2H])c2c1[2H]. The average molecular weight is 576 g/mol. The molecule has 9 aromatic rings. The van der Waals surface area contributed by atoms with Crippen LogP contribution < -0.4 is 0 Å². The van der Waals surface area contributed by atoms with Crippen molar-refractivity contribution in [3.8, 4) is 22.3 Å². The number of hydrogen-bond acceptors (Lipinski definition) is 1. The number of furan rings is 1. The van der Waals surface area contributed by atoms with Gasteiger partial charge in [0.1, 0.15) is 11.2 Å². The molecule has 1 heterocycles. The Hall–Kier alpha value is -5.66. The van der Waals surface area contributed by atoms with E-state index in [-0.39, 0.29) is 49.0 Å². The van der Waals surface area contributed by atoms with Crippen LogP contribution in [0.3, 0.4) is 0 Å². The van der Waals surface area contributed by atoms with Gasteiger partial charge >= 0.3 is 0 Å². The molecule has 0 saturated heterocycles. The highest BCUT2D eigenvalue weighted by atomic mass is 16.3. The largest absolute Gasteiger partial charge is 0.456 e. The van der Waals surface area contributed by atoms with Gasteiger partial charge in [0.05, 0.1) is 20.6 Å². The van der Waals surface area contributed by atoms with Crippen LogP contribution in [0.25, 0.3) is 76.5 Å². The zero-order valence-corrected chi connectivity index (χ0v) is 23.0. The summed E-state index contributed by atoms with van der Waals surface area (Å²) in [7, 11) is 0. The van der Waals surface area contributed by atoms with Gasteiger partial charge in [0.15, 0.2) is 0 Å². The summed E-state index contributed by atoms with van der Waals surface area (Å²) in [6.45, 7) is 0. The van der Waals surface area contributed by atoms with Crippen LogP contribution in [0.5, 0.6) is 0 Å². The van der Waals surface area contributed by atoms with E-state index in [9.17, 15) is 5.48 Å². The molecule has 1 aromatic heterocycles. The second-order valence-electron chi connectivity index (χ2n) is 10.5. The molecule has 0 unspecified atom stereocenters. The topological polar surface area (TPSA) is 13.1 Å². The zero-order valence-electron chi connectivity index (χ0n) is 38.0. The minimum absolute atomic E-state index is 0.0628. The summed E-state index contributed by atoms with van der Waals surface area (Å²) >= 11 is 0. The van der Waals surface area contributed by atoms with Gasteiger partial charge in [-0.15, -0.1) is 0 Å². The van der Waals surface area contributed by atoms with Crippen LogP contribution in [-0.4, -0.2) is 0 Å². The normalized spacial score (nSPS) is 16.5. The van der Waals surface area contributed by atoms with Crippen molar-refractivity contribution < 1.29 is 25.0 Å². The van der Waals surface area contributed by atoms with Crippen molar-refractivity contribution in [3.63, 3.8) is 0 Å². The second kappa shape index (κ2) is 9.97. The van der Waals surface area contributed by atoms with Crippen molar-refractivity contribution in [2.45, 2.75) is 6.42 Å². The summed E-state index contributed by atoms with van der Waals surface area (Å²) in [5.74, 6) is 0. The van der Waals surface area contributed by atoms with Crippen LogP contribution in [0, 0.1) is 0 Å². The molecular formula is C43H28O. The molecule has 0 atom stereocenters. The Morgan fingerprint density at radius 1 is 0.477 bits per heavy atom. The van der Waals surface area contributed by atoms with Gasteiger partial charge in [-0.2, -0.15) is 0 Å². The van der Waals surface area contributed by atoms with Crippen molar-refractivity contribution in [1.82, 2.24) is 0 Å². The molecular weight excluding hydrogens is 532 g/mol. The van der Waals surface area contributed by atoms with Crippen LogP contribution in [0.4, 0.5) is 0 Å². The molecule has 0 N–H and O–H groups in total. The summed E-state index contributed by atoms with van der Waals surface area (Å²) < 4.78 is 139. The predicted molar refractivity (Wildman–Crippen MR) is 186 cm³/mol. The lowest BCUT2D eigenvalue weighted by Gasteiger charge is -2.18. The first-order valence-electron chi connectivity index (χ1n) is 21.5. The highest BCUT2D eigenvalue weighted by molar-refractivity contribution is 6.16. The van der Waals surface area contributed by atoms with E-state index in [0.29, 0.717) is 16.7 Å². The van der Waals surface area contributed by atoms with Crippen molar-refractivity contribution >= 4 is 54.3 Å². The fourth-order valence-electron chi connectivity index (χ4n) is 6.17. The third-order valence-electron chi connectivity index (χ3n) is 8.11. The minimum atomic E-state index is -0.658. The summed E-state index contributed by atoms with van der Waals surface area (Å²) in [5.41, 5.74) is 3.29. The highest BCUT2D eigenvalue weighted by Gasteiger charge is 2.17. The van der Waals surface area contributed by atoms with E-state index in [1.165, 1.54) is 0 Å². The molecule has 0 fully saturated rings. The molecule has 1 nitrogen and oxygen atoms in total. The molecule has 206 valence electrons. The molecule has 0 aliphatic rings. The molecule has 9 rings (SSSR count). The van der Waals surface area contributed by atoms with E-state index < -0.39 is 97.1 Å². The van der Waals surface area contributed by atoms with Gasteiger partial charge in [0.2, 0.25) is 0 Å². The second-order valence-corrected chi connectivity index (χ2v) is 10.5. The molecule has 8 aromatic carbocycles. The summed E-state index contributed by atoms with van der Waals surface area (Å²) in [4.78, 5) is 0. The van der Waals surface area contributed by atoms with E-state index in [0.717, 1.165) is 21.9 Å². The summed E-state index contributed by atoms with van der Waals surface area (Å²) in [6.07, 6.45) is -0.553. The van der Waals surface area contributed by atoms with Crippen LogP contribution in [0.2, 0.25) is 0 Å². The van der Waals surface area contributed by atoms with E-state index in [4.69, 9.17) is 19.5 Å². The van der Waals surface area contributed by atoms with Crippen molar-refractivity contribution in [2.75, 3.05) is 0 Å². The Kier molecular flexibility index (Phi) is 3.22. The van der Waals surface area contributed by atoms with Gasteiger partial charge in [-0.1, -0.05) is 145 Å². The van der Waals surface area contributed by atoms with Crippen molar-refractivity contribution in [2.24, 2.45) is 0 Å². The Bertz CT molecular complexity index is 3260. The third-order valence-corrected chi connectivity index (χ3v) is 8.11. The van der Waals surface area contributed by atoms with Gasteiger partial charge in [-0.3, -0.25) is 0 Å². The van der Waals surface area contributed by atoms with E-state index in [1.54, 1.807) is 12.1 Å². The highest BCUT2D eigenvalue weighted by Crippen LogP contribution is 2.42. The van der Waals surface area contributed by atoms with Crippen molar-refractivity contribution in [1.29, 1.82) is 0 Å². The van der Waals surface area contributed by atoms with Crippen LogP contribution in [-0.2, 0) is 6.42 Å². The molecule has 1 heteroatoms. The lowest BCUT2D eigenvalue weighted by atomic mass is 9.85. The molecule has 0 aliphatic heterocycles. The summed E-state index contributed by atoms with van der Waals surface area (Å²) in [5, 5.41) is 0.843. The maximum absolute atomic E-state index is 9.28. The molecule has 0 aliphatic carbocycles. The predicted octanol–water partition coefficient (Wildman–Crippen LogP) is 12.0. The van der Waals surface area contributed by atoms with Gasteiger partial charge in [0.25, 0.3) is 0 Å². The standard InChI is InChI=1S/C43H28O/c1-2-14-32-28(11-1)12-9-13-31(32)27-39-34-15-3-5-17-36(34)42(37-18-6-4-16-35(37)39)30-25-23-29(24-26-30)33-20-10-22-41-43(33)38-19-7-8-21-40(38)44-41/h1-26H,27H2/i1D,2D,3D,4D,5D,6D,9D,11D,12D,13D,14D,15D,16D,17D,18D. The number of fused-ring (bicyclic) bond motifs is 6. The van der Waals surface area contributed by atoms with Gasteiger partial charge in [-0.25, -0.2) is 0 Å². The molecule has 0 radical (unpaired) electrons. The van der Waals surface area contributed by atoms with Crippen LogP contribution >= 0.6 is 0 Å². The average Bonchev–Trinajstić information content (AvgIpc) is 3.63. The first kappa shape index (κ1) is 14.2. The molecule has 0 spiro atoms. The van der Waals surface area contributed by atoms with E-state index in [2.05, 4.69) is 0 Å². The minimum Gasteiger partial charge on any atom is -0.456 e. The fourth-order valence-corrected chi connectivity index (χ4v) is 6.17. The van der Waals surface area contributed by atoms with Gasteiger partial charge in [-0.05, 0) is 84.3 Å². The molecule has 44 heavy (non-hydrogen) atoms. The van der Waals surface area contributed by atoms with E-state index in [1.807, 2.05) is 54.6 Å². The quantitative estimate of drug-likeness (QED) is 0.190. The lowest BCUT2D eigenvalue weighted by Crippen LogP contribution is -1.96. The molecule has 0 saturated carbocycles. The Balaban J connectivity index is 1.41. The Labute approximate surface area is 276 Å². The number of rotatable bonds is 4. The maximum atomic E-state index is 9.28. The Morgan fingerprint density at radius 2 is 1.09 bits per heavy atom. The first-order valence-corrected chi connectivity index (χ1v) is 14.0. The van der Waals surface area contributed by atoms with E-state index >= 15 is 0 Å². The Morgan fingerprint density at radius 3 is 1.86 bits per heavy atom.